The van der Waals surface area contributed by atoms with Crippen molar-refractivity contribution in [2.45, 2.75) is 11.7 Å². The molecule has 88 valence electrons. The maximum Gasteiger partial charge on any atom is 0.277 e. The molecule has 0 fully saturated rings. The summed E-state index contributed by atoms with van der Waals surface area (Å²) in [4.78, 5) is 35.0. The second-order valence-corrected chi connectivity index (χ2v) is 5.21. The molecule has 1 aliphatic rings. The fraction of sp³-hybridized carbons (Fsp3) is 0.182. The number of nitrogens with one attached hydrogen (secondary N) is 1. The lowest BCUT2D eigenvalue weighted by molar-refractivity contribution is -0.117. The van der Waals surface area contributed by atoms with Gasteiger partial charge in [-0.15, -0.1) is 0 Å². The number of fused-ring (bicyclic) bond motifs is 1. The van der Waals surface area contributed by atoms with E-state index in [0.717, 1.165) is 0 Å². The fourth-order valence-electron chi connectivity index (χ4n) is 1.69. The second-order valence-electron chi connectivity index (χ2n) is 3.78. The van der Waals surface area contributed by atoms with E-state index in [-0.39, 0.29) is 0 Å². The number of nitrogens with two attached hydrogens (primary N) is 1. The summed E-state index contributed by atoms with van der Waals surface area (Å²) in [5.41, 5.74) is 5.90. The second kappa shape index (κ2) is 3.89. The predicted molar refractivity (Wildman–Crippen MR) is 65.0 cm³/mol. The van der Waals surface area contributed by atoms with Crippen LogP contribution in [0.3, 0.4) is 0 Å². The van der Waals surface area contributed by atoms with Crippen LogP contribution in [-0.4, -0.2) is 21.7 Å². The highest BCUT2D eigenvalue weighted by atomic mass is 32.2. The van der Waals surface area contributed by atoms with Crippen molar-refractivity contribution in [1.29, 1.82) is 0 Å². The van der Waals surface area contributed by atoms with Crippen molar-refractivity contribution in [3.05, 3.63) is 29.8 Å². The molecule has 0 spiro atoms. The SMILES string of the molecule is CC1(SC(N)=O)C(=O)Nc2ccccc2C1=O. The van der Waals surface area contributed by atoms with Gasteiger partial charge in [0, 0.05) is 5.56 Å². The third kappa shape index (κ3) is 1.80. The Morgan fingerprint density at radius 2 is 2.00 bits per heavy atom. The molecule has 1 aromatic rings. The summed E-state index contributed by atoms with van der Waals surface area (Å²) >= 11 is 0.535. The van der Waals surface area contributed by atoms with Gasteiger partial charge in [-0.2, -0.15) is 0 Å². The molecule has 0 aliphatic carbocycles. The molecule has 1 aliphatic heterocycles. The number of hydrogen-bond acceptors (Lipinski definition) is 4. The lowest BCUT2D eigenvalue weighted by atomic mass is 9.92. The van der Waals surface area contributed by atoms with E-state index in [2.05, 4.69) is 5.32 Å². The molecule has 3 N–H and O–H groups in total. The maximum absolute atomic E-state index is 12.2. The van der Waals surface area contributed by atoms with Gasteiger partial charge in [0.15, 0.2) is 10.5 Å². The number of anilines is 1. The number of rotatable bonds is 1. The van der Waals surface area contributed by atoms with Gasteiger partial charge in [0.25, 0.3) is 5.24 Å². The summed E-state index contributed by atoms with van der Waals surface area (Å²) in [5, 5.41) is 1.84. The Kier molecular flexibility index (Phi) is 2.66. The van der Waals surface area contributed by atoms with Gasteiger partial charge in [0.1, 0.15) is 0 Å². The van der Waals surface area contributed by atoms with Crippen molar-refractivity contribution >= 4 is 34.4 Å². The molecule has 2 amide bonds. The number of carbonyl (C=O) groups excluding carboxylic acids is 3. The minimum Gasteiger partial charge on any atom is -0.360 e. The molecule has 5 nitrogen and oxygen atoms in total. The van der Waals surface area contributed by atoms with E-state index in [1.165, 1.54) is 6.92 Å². The number of hydrogen-bond donors (Lipinski definition) is 2. The maximum atomic E-state index is 12.2. The summed E-state index contributed by atoms with van der Waals surface area (Å²) in [7, 11) is 0. The van der Waals surface area contributed by atoms with Gasteiger partial charge in [-0.05, 0) is 30.8 Å². The van der Waals surface area contributed by atoms with E-state index in [9.17, 15) is 14.4 Å². The molecule has 0 saturated heterocycles. The molecule has 1 unspecified atom stereocenters. The number of benzene rings is 1. The van der Waals surface area contributed by atoms with Crippen LogP contribution in [0.25, 0.3) is 0 Å². The number of primary amides is 1. The van der Waals surface area contributed by atoms with E-state index in [4.69, 9.17) is 5.73 Å². The Morgan fingerprint density at radius 1 is 1.35 bits per heavy atom. The number of amides is 2. The standard InChI is InChI=1S/C11H10N2O3S/c1-11(17-10(12)16)8(14)6-4-2-3-5-7(6)13-9(11)15/h2-5H,1H3,(H2,12,16)(H,13,15). The predicted octanol–water partition coefficient (Wildman–Crippen LogP) is 1.39. The minimum atomic E-state index is -1.49. The highest BCUT2D eigenvalue weighted by Crippen LogP contribution is 2.36. The molecule has 1 heterocycles. The van der Waals surface area contributed by atoms with Crippen molar-refractivity contribution in [2.75, 3.05) is 5.32 Å². The van der Waals surface area contributed by atoms with Gasteiger partial charge in [0.2, 0.25) is 5.91 Å². The Balaban J connectivity index is 2.50. The van der Waals surface area contributed by atoms with Gasteiger partial charge in [-0.1, -0.05) is 12.1 Å². The molecule has 0 saturated carbocycles. The van der Waals surface area contributed by atoms with Crippen molar-refractivity contribution in [2.24, 2.45) is 5.73 Å². The monoisotopic (exact) mass is 250 g/mol. The first-order valence-electron chi connectivity index (χ1n) is 4.89. The highest BCUT2D eigenvalue weighted by molar-refractivity contribution is 8.16. The topological polar surface area (TPSA) is 89.3 Å². The summed E-state index contributed by atoms with van der Waals surface area (Å²) in [6, 6.07) is 6.66. The van der Waals surface area contributed by atoms with E-state index in [1.807, 2.05) is 0 Å². The zero-order valence-corrected chi connectivity index (χ0v) is 9.84. The molecule has 17 heavy (non-hydrogen) atoms. The summed E-state index contributed by atoms with van der Waals surface area (Å²) in [6.07, 6.45) is 0. The van der Waals surface area contributed by atoms with E-state index in [1.54, 1.807) is 24.3 Å². The first-order valence-corrected chi connectivity index (χ1v) is 5.70. The summed E-state index contributed by atoms with van der Waals surface area (Å²) < 4.78 is -1.49. The van der Waals surface area contributed by atoms with Gasteiger partial charge in [-0.3, -0.25) is 14.4 Å². The smallest absolute Gasteiger partial charge is 0.277 e. The van der Waals surface area contributed by atoms with Gasteiger partial charge >= 0.3 is 0 Å². The van der Waals surface area contributed by atoms with Crippen LogP contribution in [0.5, 0.6) is 0 Å². The van der Waals surface area contributed by atoms with Crippen molar-refractivity contribution in [3.8, 4) is 0 Å². The minimum absolute atomic E-state index is 0.392. The van der Waals surface area contributed by atoms with Crippen LogP contribution in [0.2, 0.25) is 0 Å². The third-order valence-corrected chi connectivity index (χ3v) is 3.57. The fourth-order valence-corrected chi connectivity index (χ4v) is 2.43. The average molecular weight is 250 g/mol. The summed E-state index contributed by atoms with van der Waals surface area (Å²) in [5.74, 6) is -0.925. The Labute approximate surface area is 102 Å². The Hall–Kier alpha value is -1.82. The molecule has 0 radical (unpaired) electrons. The number of Topliss-reactive ketones (excluding diaryl/α,β-unsaturated/α-hetero) is 1. The van der Waals surface area contributed by atoms with Crippen molar-refractivity contribution in [1.82, 2.24) is 0 Å². The van der Waals surface area contributed by atoms with Crippen LogP contribution in [0.4, 0.5) is 10.5 Å². The number of carbonyl (C=O) groups is 3. The van der Waals surface area contributed by atoms with Crippen LogP contribution in [0.15, 0.2) is 24.3 Å². The Morgan fingerprint density at radius 3 is 2.65 bits per heavy atom. The van der Waals surface area contributed by atoms with E-state index < -0.39 is 21.7 Å². The van der Waals surface area contributed by atoms with Crippen molar-refractivity contribution < 1.29 is 14.4 Å². The molecule has 1 aromatic carbocycles. The van der Waals surface area contributed by atoms with Crippen LogP contribution in [-0.2, 0) is 4.79 Å². The molecule has 0 bridgehead atoms. The molecular formula is C11H10N2O3S. The molecule has 6 heteroatoms. The molecule has 0 aromatic heterocycles. The average Bonchev–Trinajstić information content (AvgIpc) is 2.26. The van der Waals surface area contributed by atoms with Gasteiger partial charge in [-0.25, -0.2) is 0 Å². The van der Waals surface area contributed by atoms with E-state index >= 15 is 0 Å². The molecule has 1 atom stereocenters. The number of thioether (sulfide) groups is 1. The Bertz CT molecular complexity index is 529. The largest absolute Gasteiger partial charge is 0.360 e. The van der Waals surface area contributed by atoms with Crippen molar-refractivity contribution in [3.63, 3.8) is 0 Å². The zero-order chi connectivity index (χ0) is 12.6. The van der Waals surface area contributed by atoms with E-state index in [0.29, 0.717) is 23.0 Å². The lowest BCUT2D eigenvalue weighted by Gasteiger charge is -2.30. The lowest BCUT2D eigenvalue weighted by Crippen LogP contribution is -2.49. The zero-order valence-electron chi connectivity index (χ0n) is 9.02. The highest BCUT2D eigenvalue weighted by Gasteiger charge is 2.47. The normalized spacial score (nSPS) is 22.9. The first kappa shape index (κ1) is 11.7. The quantitative estimate of drug-likeness (QED) is 0.737. The van der Waals surface area contributed by atoms with Crippen LogP contribution < -0.4 is 11.1 Å². The van der Waals surface area contributed by atoms with Crippen LogP contribution in [0, 0.1) is 0 Å². The number of para-hydroxylation sites is 1. The third-order valence-electron chi connectivity index (χ3n) is 2.59. The van der Waals surface area contributed by atoms with Gasteiger partial charge in [0.05, 0.1) is 5.69 Å². The first-order chi connectivity index (χ1) is 7.95. The van der Waals surface area contributed by atoms with Crippen LogP contribution in [0.1, 0.15) is 17.3 Å². The molecule has 2 rings (SSSR count). The summed E-state index contributed by atoms with van der Waals surface area (Å²) in [6.45, 7) is 1.40. The van der Waals surface area contributed by atoms with Gasteiger partial charge < -0.3 is 11.1 Å². The number of ketones is 1. The van der Waals surface area contributed by atoms with Crippen LogP contribution >= 0.6 is 11.8 Å². The molecular weight excluding hydrogens is 240 g/mol.